The molecule has 1 aromatic rings. The Bertz CT molecular complexity index is 416. The first-order chi connectivity index (χ1) is 8.58. The monoisotopic (exact) mass is 311 g/mol. The zero-order valence-corrected chi connectivity index (χ0v) is 12.0. The summed E-state index contributed by atoms with van der Waals surface area (Å²) in [7, 11) is 0. The van der Waals surface area contributed by atoms with E-state index >= 15 is 0 Å². The number of hydrogen-bond donors (Lipinski definition) is 2. The van der Waals surface area contributed by atoms with Crippen LogP contribution in [-0.4, -0.2) is 23.7 Å². The number of hydrogen-bond acceptors (Lipinski definition) is 2. The summed E-state index contributed by atoms with van der Waals surface area (Å²) in [5.74, 6) is 0.591. The van der Waals surface area contributed by atoms with Gasteiger partial charge in [0, 0.05) is 16.9 Å². The van der Waals surface area contributed by atoms with E-state index in [2.05, 4.69) is 33.4 Å². The van der Waals surface area contributed by atoms with E-state index in [9.17, 15) is 4.79 Å². The first-order valence-electron chi connectivity index (χ1n) is 6.29. The molecule has 0 bridgehead atoms. The zero-order valence-electron chi connectivity index (χ0n) is 10.4. The highest BCUT2D eigenvalue weighted by molar-refractivity contribution is 9.10. The SMILES string of the molecule is CC(O)CCNC(=O)C1CC1c1ccc(Br)cc1. The average Bonchev–Trinajstić information content (AvgIpc) is 3.09. The van der Waals surface area contributed by atoms with Crippen molar-refractivity contribution in [2.24, 2.45) is 5.92 Å². The lowest BCUT2D eigenvalue weighted by Gasteiger charge is -2.06. The van der Waals surface area contributed by atoms with E-state index in [0.717, 1.165) is 10.9 Å². The normalized spacial score (nSPS) is 23.5. The summed E-state index contributed by atoms with van der Waals surface area (Å²) in [5.41, 5.74) is 1.23. The topological polar surface area (TPSA) is 49.3 Å². The minimum Gasteiger partial charge on any atom is -0.393 e. The van der Waals surface area contributed by atoms with Gasteiger partial charge in [0.15, 0.2) is 0 Å². The minimum atomic E-state index is -0.355. The highest BCUT2D eigenvalue weighted by Gasteiger charge is 2.43. The maximum absolute atomic E-state index is 11.8. The number of aliphatic hydroxyl groups excluding tert-OH is 1. The van der Waals surface area contributed by atoms with Crippen LogP contribution in [0.1, 0.15) is 31.2 Å². The van der Waals surface area contributed by atoms with Crippen molar-refractivity contribution in [3.8, 4) is 0 Å². The van der Waals surface area contributed by atoms with Crippen molar-refractivity contribution in [3.05, 3.63) is 34.3 Å². The van der Waals surface area contributed by atoms with Crippen molar-refractivity contribution < 1.29 is 9.90 Å². The molecule has 1 aliphatic rings. The van der Waals surface area contributed by atoms with Crippen molar-refractivity contribution in [3.63, 3.8) is 0 Å². The molecular weight excluding hydrogens is 294 g/mol. The predicted octanol–water partition coefficient (Wildman–Crippen LogP) is 2.44. The van der Waals surface area contributed by atoms with E-state index < -0.39 is 0 Å². The maximum atomic E-state index is 11.8. The Hall–Kier alpha value is -0.870. The molecule has 2 N–H and O–H groups in total. The van der Waals surface area contributed by atoms with E-state index in [0.29, 0.717) is 18.9 Å². The van der Waals surface area contributed by atoms with Crippen molar-refractivity contribution in [2.75, 3.05) is 6.54 Å². The molecule has 18 heavy (non-hydrogen) atoms. The van der Waals surface area contributed by atoms with Crippen LogP contribution < -0.4 is 5.32 Å². The number of benzene rings is 1. The van der Waals surface area contributed by atoms with Crippen LogP contribution in [0.15, 0.2) is 28.7 Å². The molecule has 1 saturated carbocycles. The molecule has 1 amide bonds. The van der Waals surface area contributed by atoms with E-state index in [4.69, 9.17) is 5.11 Å². The minimum absolute atomic E-state index is 0.111. The molecule has 1 fully saturated rings. The van der Waals surface area contributed by atoms with Gasteiger partial charge in [0.25, 0.3) is 0 Å². The summed E-state index contributed by atoms with van der Waals surface area (Å²) in [5, 5.41) is 12.0. The largest absolute Gasteiger partial charge is 0.393 e. The molecule has 98 valence electrons. The molecule has 0 spiro atoms. The third-order valence-corrected chi connectivity index (χ3v) is 3.82. The van der Waals surface area contributed by atoms with Gasteiger partial charge in [0.2, 0.25) is 5.91 Å². The molecule has 0 radical (unpaired) electrons. The van der Waals surface area contributed by atoms with Crippen LogP contribution in [0.2, 0.25) is 0 Å². The third-order valence-electron chi connectivity index (χ3n) is 3.29. The highest BCUT2D eigenvalue weighted by Crippen LogP contribution is 2.47. The van der Waals surface area contributed by atoms with Crippen LogP contribution in [0.25, 0.3) is 0 Å². The Labute approximate surface area is 116 Å². The Balaban J connectivity index is 1.80. The van der Waals surface area contributed by atoms with Crippen molar-refractivity contribution in [2.45, 2.75) is 31.8 Å². The molecular formula is C14H18BrNO2. The van der Waals surface area contributed by atoms with Gasteiger partial charge >= 0.3 is 0 Å². The number of carbonyl (C=O) groups excluding carboxylic acids is 1. The fraction of sp³-hybridized carbons (Fsp3) is 0.500. The Morgan fingerprint density at radius 2 is 2.17 bits per heavy atom. The summed E-state index contributed by atoms with van der Waals surface area (Å²) in [6.45, 7) is 2.29. The lowest BCUT2D eigenvalue weighted by molar-refractivity contribution is -0.122. The third kappa shape index (κ3) is 3.56. The average molecular weight is 312 g/mol. The van der Waals surface area contributed by atoms with Crippen LogP contribution >= 0.6 is 15.9 Å². The fourth-order valence-corrected chi connectivity index (χ4v) is 2.36. The lowest BCUT2D eigenvalue weighted by Crippen LogP contribution is -2.28. The van der Waals surface area contributed by atoms with Crippen LogP contribution in [0, 0.1) is 5.92 Å². The predicted molar refractivity (Wildman–Crippen MR) is 74.3 cm³/mol. The van der Waals surface area contributed by atoms with Crippen molar-refractivity contribution in [1.29, 1.82) is 0 Å². The molecule has 0 aromatic heterocycles. The van der Waals surface area contributed by atoms with Gasteiger partial charge in [-0.2, -0.15) is 0 Å². The number of amides is 1. The van der Waals surface area contributed by atoms with Gasteiger partial charge in [-0.15, -0.1) is 0 Å². The lowest BCUT2D eigenvalue weighted by atomic mass is 10.1. The Morgan fingerprint density at radius 3 is 2.78 bits per heavy atom. The van der Waals surface area contributed by atoms with Gasteiger partial charge in [0.05, 0.1) is 6.10 Å². The molecule has 1 aromatic carbocycles. The first kappa shape index (κ1) is 13.6. The van der Waals surface area contributed by atoms with E-state index in [1.165, 1.54) is 5.56 Å². The smallest absolute Gasteiger partial charge is 0.223 e. The molecule has 0 heterocycles. The Kier molecular flexibility index (Phi) is 4.40. The Morgan fingerprint density at radius 1 is 1.50 bits per heavy atom. The van der Waals surface area contributed by atoms with E-state index in [-0.39, 0.29) is 17.9 Å². The van der Waals surface area contributed by atoms with Gasteiger partial charge in [0.1, 0.15) is 0 Å². The van der Waals surface area contributed by atoms with Crippen LogP contribution in [0.3, 0.4) is 0 Å². The molecule has 2 rings (SSSR count). The molecule has 3 unspecified atom stereocenters. The van der Waals surface area contributed by atoms with Gasteiger partial charge < -0.3 is 10.4 Å². The second-order valence-corrected chi connectivity index (χ2v) is 5.84. The van der Waals surface area contributed by atoms with Gasteiger partial charge in [-0.05, 0) is 43.4 Å². The number of halogens is 1. The summed E-state index contributed by atoms with van der Waals surface area (Å²) in [4.78, 5) is 11.8. The number of aliphatic hydroxyl groups is 1. The molecule has 3 nitrogen and oxygen atoms in total. The quantitative estimate of drug-likeness (QED) is 0.877. The molecule has 4 heteroatoms. The number of nitrogens with one attached hydrogen (secondary N) is 1. The number of rotatable bonds is 5. The standard InChI is InChI=1S/C14H18BrNO2/c1-9(17)6-7-16-14(18)13-8-12(13)10-2-4-11(15)5-3-10/h2-5,9,12-13,17H,6-8H2,1H3,(H,16,18). The molecule has 0 saturated heterocycles. The maximum Gasteiger partial charge on any atom is 0.223 e. The van der Waals surface area contributed by atoms with Crippen LogP contribution in [0.4, 0.5) is 0 Å². The summed E-state index contributed by atoms with van der Waals surface area (Å²) < 4.78 is 1.06. The first-order valence-corrected chi connectivity index (χ1v) is 7.08. The zero-order chi connectivity index (χ0) is 13.1. The fourth-order valence-electron chi connectivity index (χ4n) is 2.10. The van der Waals surface area contributed by atoms with Crippen LogP contribution in [-0.2, 0) is 4.79 Å². The van der Waals surface area contributed by atoms with E-state index in [1.807, 2.05) is 12.1 Å². The molecule has 1 aliphatic carbocycles. The molecule has 0 aliphatic heterocycles. The molecule has 3 atom stereocenters. The highest BCUT2D eigenvalue weighted by atomic mass is 79.9. The summed E-state index contributed by atoms with van der Waals surface area (Å²) >= 11 is 3.40. The summed E-state index contributed by atoms with van der Waals surface area (Å²) in [6.07, 6.45) is 1.19. The van der Waals surface area contributed by atoms with Crippen LogP contribution in [0.5, 0.6) is 0 Å². The van der Waals surface area contributed by atoms with Gasteiger partial charge in [-0.1, -0.05) is 28.1 Å². The van der Waals surface area contributed by atoms with Crippen molar-refractivity contribution >= 4 is 21.8 Å². The second-order valence-electron chi connectivity index (χ2n) is 4.93. The van der Waals surface area contributed by atoms with Gasteiger partial charge in [-0.25, -0.2) is 0 Å². The van der Waals surface area contributed by atoms with Crippen molar-refractivity contribution in [1.82, 2.24) is 5.32 Å². The number of carbonyl (C=O) groups is 1. The van der Waals surface area contributed by atoms with E-state index in [1.54, 1.807) is 6.92 Å². The second kappa shape index (κ2) is 5.85. The van der Waals surface area contributed by atoms with Gasteiger partial charge in [-0.3, -0.25) is 4.79 Å². The summed E-state index contributed by atoms with van der Waals surface area (Å²) in [6, 6.07) is 8.15.